The minimum atomic E-state index is -4.67. The molecule has 26 heavy (non-hydrogen) atoms. The van der Waals surface area contributed by atoms with Crippen molar-refractivity contribution in [2.24, 2.45) is 0 Å². The van der Waals surface area contributed by atoms with Crippen LogP contribution < -0.4 is 0 Å². The van der Waals surface area contributed by atoms with Gasteiger partial charge in [-0.2, -0.15) is 8.42 Å². The van der Waals surface area contributed by atoms with Crippen LogP contribution in [-0.2, 0) is 15.2 Å². The summed E-state index contributed by atoms with van der Waals surface area (Å²) in [6.07, 6.45) is 21.2. The molecule has 3 N–H and O–H groups in total. The summed E-state index contributed by atoms with van der Waals surface area (Å²) in [5, 5.41) is 8.51. The number of carboxylic acid groups (broad SMARTS) is 1. The molecule has 0 rings (SSSR count). The molecule has 0 atom stereocenters. The Hall–Kier alpha value is 0.716. The molecule has 0 heterocycles. The summed E-state index contributed by atoms with van der Waals surface area (Å²) >= 11 is 0. The van der Waals surface area contributed by atoms with Gasteiger partial charge in [0.25, 0.3) is 0 Å². The van der Waals surface area contributed by atoms with E-state index in [0.717, 1.165) is 12.8 Å². The Morgan fingerprint density at radius 3 is 1.50 bits per heavy atom. The van der Waals surface area contributed by atoms with Crippen molar-refractivity contribution in [3.63, 3.8) is 0 Å². The van der Waals surface area contributed by atoms with Crippen LogP contribution in [0.5, 0.6) is 0 Å². The summed E-state index contributed by atoms with van der Waals surface area (Å²) in [6.45, 7) is 2.26. The number of rotatable bonds is 15. The molecule has 8 heteroatoms. The van der Waals surface area contributed by atoms with Crippen molar-refractivity contribution in [3.8, 4) is 0 Å². The van der Waals surface area contributed by atoms with Crippen molar-refractivity contribution in [3.05, 3.63) is 12.2 Å². The first-order valence-electron chi connectivity index (χ1n) is 9.34. The van der Waals surface area contributed by atoms with Gasteiger partial charge in [0, 0.05) is 6.42 Å². The molecule has 0 saturated carbocycles. The van der Waals surface area contributed by atoms with Crippen molar-refractivity contribution < 1.29 is 27.4 Å². The van der Waals surface area contributed by atoms with Gasteiger partial charge >= 0.3 is 67.8 Å². The number of unbranched alkanes of at least 4 members (excludes halogenated alkanes) is 11. The molecule has 0 aromatic carbocycles. The number of hydrogen-bond acceptors (Lipinski definition) is 3. The molecule has 0 bridgehead atoms. The molecule has 0 aliphatic carbocycles. The molecular formula is C18H37KO6S. The van der Waals surface area contributed by atoms with E-state index in [1.54, 1.807) is 0 Å². The van der Waals surface area contributed by atoms with Crippen molar-refractivity contribution in [2.75, 3.05) is 0 Å². The fraction of sp³-hybridized carbons (Fsp3) is 0.833. The fourth-order valence-corrected chi connectivity index (χ4v) is 2.35. The molecule has 0 aromatic heterocycles. The molecule has 0 aliphatic heterocycles. The van der Waals surface area contributed by atoms with Crippen LogP contribution in [0.4, 0.5) is 0 Å². The zero-order valence-corrected chi connectivity index (χ0v) is 16.3. The third-order valence-corrected chi connectivity index (χ3v) is 3.65. The summed E-state index contributed by atoms with van der Waals surface area (Å²) < 4.78 is 31.6. The fourth-order valence-electron chi connectivity index (χ4n) is 2.35. The van der Waals surface area contributed by atoms with Crippen molar-refractivity contribution in [1.29, 1.82) is 0 Å². The average Bonchev–Trinajstić information content (AvgIpc) is 2.49. The quantitative estimate of drug-likeness (QED) is 0.152. The Balaban J connectivity index is -0.000000772. The molecular weight excluding hydrogens is 383 g/mol. The Labute approximate surface area is 202 Å². The van der Waals surface area contributed by atoms with Gasteiger partial charge in [-0.05, 0) is 32.1 Å². The van der Waals surface area contributed by atoms with Gasteiger partial charge in [-0.25, -0.2) is 0 Å². The topological polar surface area (TPSA) is 112 Å². The van der Waals surface area contributed by atoms with Crippen LogP contribution in [0.2, 0.25) is 0 Å². The molecule has 0 amide bonds. The minimum absolute atomic E-state index is 0. The monoisotopic (exact) mass is 420 g/mol. The molecule has 0 aromatic rings. The maximum atomic E-state index is 10.3. The van der Waals surface area contributed by atoms with Gasteiger partial charge in [0.05, 0.1) is 0 Å². The zero-order chi connectivity index (χ0) is 19.4. The van der Waals surface area contributed by atoms with Crippen LogP contribution in [0.1, 0.15) is 96.8 Å². The van der Waals surface area contributed by atoms with E-state index in [2.05, 4.69) is 19.1 Å². The van der Waals surface area contributed by atoms with Crippen LogP contribution in [0.15, 0.2) is 12.2 Å². The molecule has 0 saturated heterocycles. The first-order chi connectivity index (χ1) is 11.8. The average molecular weight is 421 g/mol. The molecule has 0 fully saturated rings. The Bertz CT molecular complexity index is 415. The summed E-state index contributed by atoms with van der Waals surface area (Å²) in [5.41, 5.74) is 0. The van der Waals surface area contributed by atoms with Gasteiger partial charge in [0.2, 0.25) is 0 Å². The number of carboxylic acids is 1. The summed E-state index contributed by atoms with van der Waals surface area (Å²) in [6, 6.07) is 0. The Morgan fingerprint density at radius 1 is 0.769 bits per heavy atom. The second-order valence-corrected chi connectivity index (χ2v) is 7.07. The summed E-state index contributed by atoms with van der Waals surface area (Å²) in [4.78, 5) is 10.3. The van der Waals surface area contributed by atoms with Gasteiger partial charge in [-0.3, -0.25) is 13.9 Å². The van der Waals surface area contributed by atoms with E-state index >= 15 is 0 Å². The molecule has 152 valence electrons. The van der Waals surface area contributed by atoms with E-state index < -0.39 is 16.4 Å². The molecule has 0 aliphatic rings. The Kier molecular flexibility index (Phi) is 28.7. The first kappa shape index (κ1) is 31.4. The predicted molar refractivity (Wildman–Crippen MR) is 108 cm³/mol. The van der Waals surface area contributed by atoms with Crippen molar-refractivity contribution in [1.82, 2.24) is 0 Å². The summed E-state index contributed by atoms with van der Waals surface area (Å²) in [5.74, 6) is -0.664. The number of hydrogen-bond donors (Lipinski definition) is 3. The van der Waals surface area contributed by atoms with Gasteiger partial charge in [-0.1, -0.05) is 70.4 Å². The van der Waals surface area contributed by atoms with Gasteiger partial charge in [-0.15, -0.1) is 0 Å². The van der Waals surface area contributed by atoms with Crippen LogP contribution in [0.25, 0.3) is 0 Å². The van der Waals surface area contributed by atoms with Crippen LogP contribution in [0, 0.1) is 0 Å². The molecule has 0 unspecified atom stereocenters. The standard InChI is InChI=1S/C18H34O2.K.H2O4S.H/c1-2-3-4-5-6-7-8-9-10-11-12-13-14-15-16-17-18(19)20;;1-5(2,3)4;/h9-10H,2-8,11-17H2,1H3,(H,19,20);;(H2,1,2,3,4);/b10-9-;;;. The van der Waals surface area contributed by atoms with E-state index in [1.165, 1.54) is 70.6 Å². The molecule has 0 spiro atoms. The van der Waals surface area contributed by atoms with E-state index in [-0.39, 0.29) is 51.4 Å². The predicted octanol–water partition coefficient (Wildman–Crippen LogP) is 4.81. The molecule has 6 nitrogen and oxygen atoms in total. The van der Waals surface area contributed by atoms with Crippen LogP contribution in [-0.4, -0.2) is 80.0 Å². The second-order valence-electron chi connectivity index (χ2n) is 6.18. The third-order valence-electron chi connectivity index (χ3n) is 3.65. The van der Waals surface area contributed by atoms with Crippen LogP contribution in [0.3, 0.4) is 0 Å². The zero-order valence-electron chi connectivity index (χ0n) is 15.5. The normalized spacial score (nSPS) is 10.9. The maximum absolute atomic E-state index is 10.3. The van der Waals surface area contributed by atoms with Gasteiger partial charge < -0.3 is 5.11 Å². The number of allylic oxidation sites excluding steroid dienone is 2. The number of aliphatic carboxylic acids is 1. The van der Waals surface area contributed by atoms with E-state index in [9.17, 15) is 4.79 Å². The molecule has 0 radical (unpaired) electrons. The van der Waals surface area contributed by atoms with Gasteiger partial charge in [0.1, 0.15) is 0 Å². The number of carbonyl (C=O) groups is 1. The second kappa shape index (κ2) is 23.8. The summed E-state index contributed by atoms with van der Waals surface area (Å²) in [7, 11) is -4.67. The van der Waals surface area contributed by atoms with Crippen molar-refractivity contribution >= 4 is 67.8 Å². The Morgan fingerprint density at radius 2 is 1.12 bits per heavy atom. The van der Waals surface area contributed by atoms with E-state index in [1.807, 2.05) is 0 Å². The van der Waals surface area contributed by atoms with E-state index in [4.69, 9.17) is 22.6 Å². The SMILES string of the molecule is CCCCCCCC/C=C\CCCCCCCC(=O)O.O=S(=O)(O)O.[KH]. The van der Waals surface area contributed by atoms with Gasteiger partial charge in [0.15, 0.2) is 0 Å². The third kappa shape index (κ3) is 44.3. The van der Waals surface area contributed by atoms with E-state index in [0.29, 0.717) is 6.42 Å². The first-order valence-corrected chi connectivity index (χ1v) is 10.7. The van der Waals surface area contributed by atoms with Crippen LogP contribution >= 0.6 is 0 Å². The van der Waals surface area contributed by atoms with Crippen molar-refractivity contribution in [2.45, 2.75) is 96.8 Å².